The summed E-state index contributed by atoms with van der Waals surface area (Å²) in [6.45, 7) is 2.02. The van der Waals surface area contributed by atoms with Crippen molar-refractivity contribution in [1.29, 1.82) is 0 Å². The molecule has 0 aliphatic heterocycles. The Balaban J connectivity index is 2.31. The molecule has 0 amide bonds. The second-order valence-electron chi connectivity index (χ2n) is 3.78. The second-order valence-corrected chi connectivity index (χ2v) is 4.60. The number of hydrogen-bond acceptors (Lipinski definition) is 4. The van der Waals surface area contributed by atoms with E-state index in [1.807, 2.05) is 31.2 Å². The van der Waals surface area contributed by atoms with E-state index in [9.17, 15) is 0 Å². The van der Waals surface area contributed by atoms with Gasteiger partial charge in [0, 0.05) is 5.69 Å². The number of nitrogens with two attached hydrogens (primary N) is 1. The summed E-state index contributed by atoms with van der Waals surface area (Å²) in [6, 6.07) is 9.46. The lowest BCUT2D eigenvalue weighted by Crippen LogP contribution is -2.10. The average Bonchev–Trinajstić information content (AvgIpc) is 2.35. The number of nitrogen functional groups attached to an aromatic ring is 1. The molecule has 0 fully saturated rings. The van der Waals surface area contributed by atoms with Crippen molar-refractivity contribution >= 4 is 40.5 Å². The van der Waals surface area contributed by atoms with Crippen LogP contribution < -0.4 is 16.6 Å². The van der Waals surface area contributed by atoms with Crippen molar-refractivity contribution in [3.8, 4) is 0 Å². The van der Waals surface area contributed by atoms with Gasteiger partial charge in [0.05, 0.1) is 10.0 Å². The van der Waals surface area contributed by atoms with Crippen molar-refractivity contribution in [2.75, 3.05) is 10.7 Å². The van der Waals surface area contributed by atoms with Gasteiger partial charge < -0.3 is 10.7 Å². The summed E-state index contributed by atoms with van der Waals surface area (Å²) < 4.78 is 0. The summed E-state index contributed by atoms with van der Waals surface area (Å²) in [7, 11) is 0. The molecule has 4 N–H and O–H groups in total. The van der Waals surface area contributed by atoms with E-state index < -0.39 is 0 Å². The van der Waals surface area contributed by atoms with Gasteiger partial charge in [0.15, 0.2) is 11.6 Å². The number of pyridine rings is 1. The first-order valence-electron chi connectivity index (χ1n) is 5.26. The molecular formula is C12H12Cl2N4. The third-order valence-corrected chi connectivity index (χ3v) is 2.96. The zero-order chi connectivity index (χ0) is 13.1. The molecule has 1 aromatic heterocycles. The van der Waals surface area contributed by atoms with Gasteiger partial charge in [0.1, 0.15) is 0 Å². The first kappa shape index (κ1) is 13.0. The minimum atomic E-state index is 0.371. The van der Waals surface area contributed by atoms with E-state index in [-0.39, 0.29) is 0 Å². The van der Waals surface area contributed by atoms with Crippen LogP contribution in [0.3, 0.4) is 0 Å². The summed E-state index contributed by atoms with van der Waals surface area (Å²) in [5.41, 5.74) is 4.49. The van der Waals surface area contributed by atoms with Crippen LogP contribution in [0.5, 0.6) is 0 Å². The summed E-state index contributed by atoms with van der Waals surface area (Å²) in [5, 5.41) is 3.91. The van der Waals surface area contributed by atoms with Crippen LogP contribution in [-0.2, 0) is 0 Å². The maximum Gasteiger partial charge on any atom is 0.161 e. The molecule has 0 radical (unpaired) electrons. The van der Waals surface area contributed by atoms with E-state index >= 15 is 0 Å². The molecule has 6 heteroatoms. The Bertz CT molecular complexity index is 555. The highest BCUT2D eigenvalue weighted by atomic mass is 35.5. The summed E-state index contributed by atoms with van der Waals surface area (Å²) in [5.74, 6) is 6.18. The third kappa shape index (κ3) is 2.85. The van der Waals surface area contributed by atoms with E-state index in [0.717, 1.165) is 5.69 Å². The van der Waals surface area contributed by atoms with E-state index in [1.165, 1.54) is 5.56 Å². The average molecular weight is 283 g/mol. The van der Waals surface area contributed by atoms with Crippen LogP contribution in [-0.4, -0.2) is 4.98 Å². The molecule has 94 valence electrons. The zero-order valence-corrected chi connectivity index (χ0v) is 11.2. The minimum Gasteiger partial charge on any atom is -0.339 e. The van der Waals surface area contributed by atoms with Crippen LogP contribution >= 0.6 is 23.2 Å². The molecule has 0 aliphatic rings. The molecule has 0 unspecified atom stereocenters. The van der Waals surface area contributed by atoms with Crippen molar-refractivity contribution < 1.29 is 0 Å². The Labute approximate surface area is 115 Å². The van der Waals surface area contributed by atoms with E-state index in [2.05, 4.69) is 15.7 Å². The highest BCUT2D eigenvalue weighted by Gasteiger charge is 2.08. The zero-order valence-electron chi connectivity index (χ0n) is 9.67. The molecule has 0 atom stereocenters. The summed E-state index contributed by atoms with van der Waals surface area (Å²) >= 11 is 12.0. The number of halogens is 2. The molecule has 0 bridgehead atoms. The second kappa shape index (κ2) is 5.44. The molecule has 2 aromatic rings. The summed E-state index contributed by atoms with van der Waals surface area (Å²) in [6.07, 6.45) is 0. The maximum absolute atomic E-state index is 6.06. The fraction of sp³-hybridized carbons (Fsp3) is 0.0833. The first-order valence-corrected chi connectivity index (χ1v) is 6.02. The van der Waals surface area contributed by atoms with Gasteiger partial charge in [0.25, 0.3) is 0 Å². The lowest BCUT2D eigenvalue weighted by Gasteiger charge is -2.10. The molecular weight excluding hydrogens is 271 g/mol. The van der Waals surface area contributed by atoms with Gasteiger partial charge in [-0.05, 0) is 25.1 Å². The SMILES string of the molecule is Cc1ccc(Nc2nc(NN)c(Cl)cc2Cl)cc1. The molecule has 0 saturated carbocycles. The number of nitrogens with one attached hydrogen (secondary N) is 2. The molecule has 18 heavy (non-hydrogen) atoms. The van der Waals surface area contributed by atoms with Gasteiger partial charge in [0.2, 0.25) is 0 Å². The van der Waals surface area contributed by atoms with Gasteiger partial charge in [-0.1, -0.05) is 40.9 Å². The van der Waals surface area contributed by atoms with Crippen LogP contribution in [0.25, 0.3) is 0 Å². The molecule has 1 aromatic carbocycles. The number of anilines is 3. The molecule has 0 saturated heterocycles. The van der Waals surface area contributed by atoms with Crippen LogP contribution in [0.1, 0.15) is 5.56 Å². The molecule has 4 nitrogen and oxygen atoms in total. The molecule has 1 heterocycles. The number of hydrazine groups is 1. The lowest BCUT2D eigenvalue weighted by molar-refractivity contribution is 1.22. The highest BCUT2D eigenvalue weighted by Crippen LogP contribution is 2.30. The van der Waals surface area contributed by atoms with E-state index in [0.29, 0.717) is 21.7 Å². The van der Waals surface area contributed by atoms with Crippen molar-refractivity contribution in [2.24, 2.45) is 5.84 Å². The Kier molecular flexibility index (Phi) is 3.91. The van der Waals surface area contributed by atoms with Crippen LogP contribution in [0, 0.1) is 6.92 Å². The molecule has 0 spiro atoms. The maximum atomic E-state index is 6.06. The number of aryl methyl sites for hydroxylation is 1. The minimum absolute atomic E-state index is 0.371. The quantitative estimate of drug-likeness (QED) is 0.593. The Hall–Kier alpha value is -1.49. The van der Waals surface area contributed by atoms with Crippen molar-refractivity contribution in [2.45, 2.75) is 6.92 Å². The van der Waals surface area contributed by atoms with Crippen LogP contribution in [0.15, 0.2) is 30.3 Å². The van der Waals surface area contributed by atoms with Crippen molar-refractivity contribution in [3.63, 3.8) is 0 Å². The Morgan fingerprint density at radius 1 is 1.06 bits per heavy atom. The molecule has 2 rings (SSSR count). The van der Waals surface area contributed by atoms with E-state index in [1.54, 1.807) is 6.07 Å². The largest absolute Gasteiger partial charge is 0.339 e. The van der Waals surface area contributed by atoms with E-state index in [4.69, 9.17) is 29.0 Å². The van der Waals surface area contributed by atoms with Gasteiger partial charge in [-0.3, -0.25) is 0 Å². The number of rotatable bonds is 3. The van der Waals surface area contributed by atoms with Gasteiger partial charge >= 0.3 is 0 Å². The number of benzene rings is 1. The van der Waals surface area contributed by atoms with Crippen LogP contribution in [0.4, 0.5) is 17.3 Å². The van der Waals surface area contributed by atoms with Crippen LogP contribution in [0.2, 0.25) is 10.0 Å². The fourth-order valence-corrected chi connectivity index (χ4v) is 1.89. The standard InChI is InChI=1S/C12H12Cl2N4/c1-7-2-4-8(5-3-7)16-11-9(13)6-10(14)12(17-11)18-15/h2-6H,15H2,1H3,(H2,16,17,18). The van der Waals surface area contributed by atoms with Crippen molar-refractivity contribution in [3.05, 3.63) is 45.9 Å². The number of aromatic nitrogens is 1. The predicted molar refractivity (Wildman–Crippen MR) is 76.5 cm³/mol. The Morgan fingerprint density at radius 2 is 1.67 bits per heavy atom. The number of nitrogens with zero attached hydrogens (tertiary/aromatic N) is 1. The monoisotopic (exact) mass is 282 g/mol. The smallest absolute Gasteiger partial charge is 0.161 e. The topological polar surface area (TPSA) is 63.0 Å². The predicted octanol–water partition coefficient (Wildman–Crippen LogP) is 3.73. The normalized spacial score (nSPS) is 10.2. The van der Waals surface area contributed by atoms with Gasteiger partial charge in [-0.15, -0.1) is 0 Å². The first-order chi connectivity index (χ1) is 8.60. The number of hydrogen-bond donors (Lipinski definition) is 3. The van der Waals surface area contributed by atoms with Gasteiger partial charge in [-0.2, -0.15) is 0 Å². The molecule has 0 aliphatic carbocycles. The van der Waals surface area contributed by atoms with Gasteiger partial charge in [-0.25, -0.2) is 10.8 Å². The Morgan fingerprint density at radius 3 is 2.28 bits per heavy atom. The fourth-order valence-electron chi connectivity index (χ4n) is 1.43. The lowest BCUT2D eigenvalue weighted by atomic mass is 10.2. The third-order valence-electron chi connectivity index (χ3n) is 2.38. The summed E-state index contributed by atoms with van der Waals surface area (Å²) in [4.78, 5) is 4.20. The highest BCUT2D eigenvalue weighted by molar-refractivity contribution is 6.37. The van der Waals surface area contributed by atoms with Crippen molar-refractivity contribution in [1.82, 2.24) is 4.98 Å².